The van der Waals surface area contributed by atoms with Gasteiger partial charge in [0.1, 0.15) is 30.1 Å². The van der Waals surface area contributed by atoms with Crippen LogP contribution < -0.4 is 4.74 Å². The molecule has 0 fully saturated rings. The molecule has 27 heavy (non-hydrogen) atoms. The SMILES string of the molecule is COC[C@H](C)OC(=O)/C(C#N)=C/c1ccc(OCc2ccc(Cl)cc2)cc1. The molecule has 0 amide bonds. The van der Waals surface area contributed by atoms with Crippen LogP contribution in [0.25, 0.3) is 6.08 Å². The van der Waals surface area contributed by atoms with E-state index in [2.05, 4.69) is 0 Å². The van der Waals surface area contributed by atoms with Crippen molar-refractivity contribution < 1.29 is 19.0 Å². The summed E-state index contributed by atoms with van der Waals surface area (Å²) in [6, 6.07) is 16.4. The average Bonchev–Trinajstić information content (AvgIpc) is 2.66. The van der Waals surface area contributed by atoms with Crippen LogP contribution in [0.3, 0.4) is 0 Å². The molecule has 0 aromatic heterocycles. The van der Waals surface area contributed by atoms with Gasteiger partial charge in [-0.2, -0.15) is 5.26 Å². The maximum absolute atomic E-state index is 12.0. The first-order valence-corrected chi connectivity index (χ1v) is 8.68. The van der Waals surface area contributed by atoms with Crippen molar-refractivity contribution >= 4 is 23.6 Å². The lowest BCUT2D eigenvalue weighted by atomic mass is 10.1. The molecule has 5 nitrogen and oxygen atoms in total. The van der Waals surface area contributed by atoms with Gasteiger partial charge in [0.15, 0.2) is 0 Å². The fraction of sp³-hybridized carbons (Fsp3) is 0.238. The van der Waals surface area contributed by atoms with Gasteiger partial charge >= 0.3 is 5.97 Å². The van der Waals surface area contributed by atoms with Crippen LogP contribution in [0.2, 0.25) is 5.02 Å². The zero-order chi connectivity index (χ0) is 19.6. The molecule has 0 bridgehead atoms. The third-order valence-electron chi connectivity index (χ3n) is 3.56. The summed E-state index contributed by atoms with van der Waals surface area (Å²) in [7, 11) is 1.52. The van der Waals surface area contributed by atoms with Crippen LogP contribution in [0.4, 0.5) is 0 Å². The zero-order valence-corrected chi connectivity index (χ0v) is 15.9. The summed E-state index contributed by atoms with van der Waals surface area (Å²) in [5.41, 5.74) is 1.62. The number of hydrogen-bond donors (Lipinski definition) is 0. The number of nitrogens with zero attached hydrogens (tertiary/aromatic N) is 1. The largest absolute Gasteiger partial charge is 0.489 e. The van der Waals surface area contributed by atoms with Crippen molar-refractivity contribution in [1.29, 1.82) is 5.26 Å². The Kier molecular flexibility index (Phi) is 7.87. The average molecular weight is 386 g/mol. The van der Waals surface area contributed by atoms with Gasteiger partial charge in [0.25, 0.3) is 0 Å². The minimum Gasteiger partial charge on any atom is -0.489 e. The van der Waals surface area contributed by atoms with Crippen molar-refractivity contribution in [3.05, 3.63) is 70.3 Å². The fourth-order valence-electron chi connectivity index (χ4n) is 2.23. The fourth-order valence-corrected chi connectivity index (χ4v) is 2.35. The van der Waals surface area contributed by atoms with E-state index in [0.717, 1.165) is 5.56 Å². The number of hydrogen-bond acceptors (Lipinski definition) is 5. The molecular weight excluding hydrogens is 366 g/mol. The van der Waals surface area contributed by atoms with Gasteiger partial charge in [-0.1, -0.05) is 35.9 Å². The van der Waals surface area contributed by atoms with E-state index in [1.54, 1.807) is 31.2 Å². The normalized spacial score (nSPS) is 12.1. The Balaban J connectivity index is 1.98. The first-order chi connectivity index (χ1) is 13.0. The summed E-state index contributed by atoms with van der Waals surface area (Å²) in [5, 5.41) is 9.88. The van der Waals surface area contributed by atoms with Crippen molar-refractivity contribution in [1.82, 2.24) is 0 Å². The van der Waals surface area contributed by atoms with Crippen molar-refractivity contribution in [2.45, 2.75) is 19.6 Å². The second-order valence-corrected chi connectivity index (χ2v) is 6.26. The summed E-state index contributed by atoms with van der Waals surface area (Å²) in [6.45, 7) is 2.38. The molecule has 6 heteroatoms. The van der Waals surface area contributed by atoms with E-state index in [4.69, 9.17) is 25.8 Å². The van der Waals surface area contributed by atoms with E-state index in [0.29, 0.717) is 22.9 Å². The summed E-state index contributed by atoms with van der Waals surface area (Å²) >= 11 is 5.86. The van der Waals surface area contributed by atoms with E-state index >= 15 is 0 Å². The van der Waals surface area contributed by atoms with E-state index in [9.17, 15) is 10.1 Å². The molecule has 140 valence electrons. The molecule has 1 atom stereocenters. The maximum atomic E-state index is 12.0. The van der Waals surface area contributed by atoms with Gasteiger partial charge in [-0.05, 0) is 48.4 Å². The van der Waals surface area contributed by atoms with Gasteiger partial charge in [-0.3, -0.25) is 0 Å². The second kappa shape index (κ2) is 10.4. The van der Waals surface area contributed by atoms with Crippen molar-refractivity contribution in [3.8, 4) is 11.8 Å². The first-order valence-electron chi connectivity index (χ1n) is 8.31. The monoisotopic (exact) mass is 385 g/mol. The van der Waals surface area contributed by atoms with Crippen LogP contribution in [0.1, 0.15) is 18.1 Å². The van der Waals surface area contributed by atoms with E-state index < -0.39 is 12.1 Å². The van der Waals surface area contributed by atoms with Crippen LogP contribution >= 0.6 is 11.6 Å². The standard InChI is InChI=1S/C21H20ClNO4/c1-15(13-25-2)27-21(24)18(12-23)11-16-5-9-20(10-6-16)26-14-17-3-7-19(22)8-4-17/h3-11,15H,13-14H2,1-2H3/b18-11+/t15-/m0/s1. The second-order valence-electron chi connectivity index (χ2n) is 5.83. The van der Waals surface area contributed by atoms with Crippen molar-refractivity contribution in [2.75, 3.05) is 13.7 Å². The Hall–Kier alpha value is -2.81. The molecule has 0 aliphatic rings. The van der Waals surface area contributed by atoms with Gasteiger partial charge in [-0.15, -0.1) is 0 Å². The van der Waals surface area contributed by atoms with E-state index in [1.807, 2.05) is 30.3 Å². The highest BCUT2D eigenvalue weighted by Gasteiger charge is 2.14. The van der Waals surface area contributed by atoms with Crippen LogP contribution in [0, 0.1) is 11.3 Å². The van der Waals surface area contributed by atoms with E-state index in [-0.39, 0.29) is 12.2 Å². The summed E-state index contributed by atoms with van der Waals surface area (Å²) < 4.78 is 15.8. The zero-order valence-electron chi connectivity index (χ0n) is 15.1. The number of halogens is 1. The number of ether oxygens (including phenoxy) is 3. The predicted molar refractivity (Wildman–Crippen MR) is 103 cm³/mol. The lowest BCUT2D eigenvalue weighted by Crippen LogP contribution is -2.20. The number of carbonyl (C=O) groups excluding carboxylic acids is 1. The molecule has 0 saturated carbocycles. The number of methoxy groups -OCH3 is 1. The Morgan fingerprint density at radius 1 is 1.19 bits per heavy atom. The topological polar surface area (TPSA) is 68.5 Å². The highest BCUT2D eigenvalue weighted by atomic mass is 35.5. The van der Waals surface area contributed by atoms with Gasteiger partial charge in [0.05, 0.1) is 6.61 Å². The third-order valence-corrected chi connectivity index (χ3v) is 3.81. The van der Waals surface area contributed by atoms with Crippen molar-refractivity contribution in [3.63, 3.8) is 0 Å². The summed E-state index contributed by atoms with van der Waals surface area (Å²) in [5.74, 6) is 0.00187. The first kappa shape index (κ1) is 20.5. The number of esters is 1. The Labute approximate surface area is 163 Å². The molecule has 0 unspecified atom stereocenters. The third kappa shape index (κ3) is 6.78. The number of carbonyl (C=O) groups is 1. The van der Waals surface area contributed by atoms with Gasteiger partial charge < -0.3 is 14.2 Å². The minimum atomic E-state index is -0.676. The molecule has 0 radical (unpaired) electrons. The number of rotatable bonds is 8. The Morgan fingerprint density at radius 2 is 1.85 bits per heavy atom. The Morgan fingerprint density at radius 3 is 2.44 bits per heavy atom. The molecule has 0 aliphatic carbocycles. The Bertz CT molecular complexity index is 823. The molecular formula is C21H20ClNO4. The van der Waals surface area contributed by atoms with Gasteiger partial charge in [0, 0.05) is 12.1 Å². The molecule has 2 aromatic carbocycles. The van der Waals surface area contributed by atoms with Crippen LogP contribution in [0.15, 0.2) is 54.1 Å². The highest BCUT2D eigenvalue weighted by Crippen LogP contribution is 2.17. The van der Waals surface area contributed by atoms with Crippen molar-refractivity contribution in [2.24, 2.45) is 0 Å². The highest BCUT2D eigenvalue weighted by molar-refractivity contribution is 6.30. The lowest BCUT2D eigenvalue weighted by Gasteiger charge is -2.11. The predicted octanol–water partition coefficient (Wildman–Crippen LogP) is 4.40. The van der Waals surface area contributed by atoms with Gasteiger partial charge in [0.2, 0.25) is 0 Å². The molecule has 0 heterocycles. The number of benzene rings is 2. The van der Waals surface area contributed by atoms with Crippen LogP contribution in [-0.4, -0.2) is 25.8 Å². The molecule has 0 saturated heterocycles. The molecule has 0 N–H and O–H groups in total. The molecule has 2 rings (SSSR count). The molecule has 0 aliphatic heterocycles. The lowest BCUT2D eigenvalue weighted by molar-refractivity contribution is -0.145. The molecule has 2 aromatic rings. The van der Waals surface area contributed by atoms with E-state index in [1.165, 1.54) is 13.2 Å². The van der Waals surface area contributed by atoms with Gasteiger partial charge in [-0.25, -0.2) is 4.79 Å². The smallest absolute Gasteiger partial charge is 0.349 e. The quantitative estimate of drug-likeness (QED) is 0.382. The van der Waals surface area contributed by atoms with Crippen LogP contribution in [0.5, 0.6) is 5.75 Å². The number of nitriles is 1. The minimum absolute atomic E-state index is 0.0761. The van der Waals surface area contributed by atoms with Crippen LogP contribution in [-0.2, 0) is 20.9 Å². The summed E-state index contributed by atoms with van der Waals surface area (Å²) in [4.78, 5) is 12.0. The summed E-state index contributed by atoms with van der Waals surface area (Å²) in [6.07, 6.45) is 1.05. The molecule has 0 spiro atoms. The maximum Gasteiger partial charge on any atom is 0.349 e.